The van der Waals surface area contributed by atoms with E-state index in [1.165, 1.54) is 64.5 Å². The first-order valence-corrected chi connectivity index (χ1v) is 8.22. The van der Waals surface area contributed by atoms with Gasteiger partial charge in [0, 0.05) is 0 Å². The van der Waals surface area contributed by atoms with Crippen LogP contribution in [0, 0.1) is 5.92 Å². The van der Waals surface area contributed by atoms with Crippen molar-refractivity contribution in [3.05, 3.63) is 35.4 Å². The standard InChI is InChI=1S/C18H27N/c1-2-6-16(7-3-1)18-9-5-4-8-17(18)14-15-10-12-19-13-11-15/h4-5,8-9,15-16,19H,1-3,6-7,10-14H2. The molecule has 0 amide bonds. The normalized spacial score (nSPS) is 22.5. The van der Waals surface area contributed by atoms with E-state index in [0.717, 1.165) is 11.8 Å². The molecule has 1 N–H and O–H groups in total. The lowest BCUT2D eigenvalue weighted by molar-refractivity contribution is 0.369. The van der Waals surface area contributed by atoms with Gasteiger partial charge in [-0.05, 0) is 68.2 Å². The van der Waals surface area contributed by atoms with E-state index < -0.39 is 0 Å². The van der Waals surface area contributed by atoms with Gasteiger partial charge in [-0.15, -0.1) is 0 Å². The summed E-state index contributed by atoms with van der Waals surface area (Å²) in [6.45, 7) is 2.44. The fraction of sp³-hybridized carbons (Fsp3) is 0.667. The number of hydrogen-bond donors (Lipinski definition) is 1. The minimum absolute atomic E-state index is 0.853. The fourth-order valence-corrected chi connectivity index (χ4v) is 3.93. The first-order chi connectivity index (χ1) is 9.43. The zero-order valence-corrected chi connectivity index (χ0v) is 12.0. The van der Waals surface area contributed by atoms with E-state index in [9.17, 15) is 0 Å². The van der Waals surface area contributed by atoms with Crippen LogP contribution in [0.5, 0.6) is 0 Å². The molecule has 1 aliphatic heterocycles. The second-order valence-corrected chi connectivity index (χ2v) is 6.43. The lowest BCUT2D eigenvalue weighted by atomic mass is 9.79. The van der Waals surface area contributed by atoms with Crippen molar-refractivity contribution in [3.63, 3.8) is 0 Å². The van der Waals surface area contributed by atoms with Crippen LogP contribution in [0.25, 0.3) is 0 Å². The highest BCUT2D eigenvalue weighted by Crippen LogP contribution is 2.35. The van der Waals surface area contributed by atoms with Crippen molar-refractivity contribution < 1.29 is 0 Å². The van der Waals surface area contributed by atoms with Gasteiger partial charge in [-0.25, -0.2) is 0 Å². The molecule has 0 radical (unpaired) electrons. The summed E-state index contributed by atoms with van der Waals surface area (Å²) in [7, 11) is 0. The average Bonchev–Trinajstić information content (AvgIpc) is 2.50. The molecule has 0 unspecified atom stereocenters. The molecule has 1 heterocycles. The van der Waals surface area contributed by atoms with E-state index in [1.54, 1.807) is 11.1 Å². The van der Waals surface area contributed by atoms with Crippen molar-refractivity contribution in [2.45, 2.75) is 57.3 Å². The highest BCUT2D eigenvalue weighted by Gasteiger charge is 2.20. The van der Waals surface area contributed by atoms with Crippen LogP contribution in [0.2, 0.25) is 0 Å². The first kappa shape index (κ1) is 13.2. The maximum absolute atomic E-state index is 3.48. The van der Waals surface area contributed by atoms with Crippen LogP contribution >= 0.6 is 0 Å². The van der Waals surface area contributed by atoms with Gasteiger partial charge in [0.2, 0.25) is 0 Å². The monoisotopic (exact) mass is 257 g/mol. The van der Waals surface area contributed by atoms with E-state index in [4.69, 9.17) is 0 Å². The molecule has 1 aromatic rings. The molecule has 0 bridgehead atoms. The third kappa shape index (κ3) is 3.39. The Kier molecular flexibility index (Phi) is 4.55. The van der Waals surface area contributed by atoms with Gasteiger partial charge < -0.3 is 5.32 Å². The van der Waals surface area contributed by atoms with Crippen LogP contribution < -0.4 is 5.32 Å². The smallest absolute Gasteiger partial charge is 0.00462 e. The Morgan fingerprint density at radius 3 is 2.42 bits per heavy atom. The molecule has 1 heteroatoms. The Balaban J connectivity index is 1.72. The molecule has 0 aromatic heterocycles. The molecular weight excluding hydrogens is 230 g/mol. The second kappa shape index (κ2) is 6.56. The third-order valence-corrected chi connectivity index (χ3v) is 5.07. The predicted octanol–water partition coefficient (Wildman–Crippen LogP) is 4.28. The van der Waals surface area contributed by atoms with E-state index in [1.807, 2.05) is 0 Å². The molecule has 104 valence electrons. The number of hydrogen-bond acceptors (Lipinski definition) is 1. The first-order valence-electron chi connectivity index (χ1n) is 8.22. The van der Waals surface area contributed by atoms with Crippen molar-refractivity contribution >= 4 is 0 Å². The number of piperidine rings is 1. The fourth-order valence-electron chi connectivity index (χ4n) is 3.93. The summed E-state index contributed by atoms with van der Waals surface area (Å²) >= 11 is 0. The molecule has 1 saturated carbocycles. The molecule has 2 aliphatic rings. The molecule has 19 heavy (non-hydrogen) atoms. The van der Waals surface area contributed by atoms with E-state index in [0.29, 0.717) is 0 Å². The zero-order chi connectivity index (χ0) is 12.9. The highest BCUT2D eigenvalue weighted by atomic mass is 14.9. The molecule has 0 atom stereocenters. The summed E-state index contributed by atoms with van der Waals surface area (Å²) in [6, 6.07) is 9.29. The lowest BCUT2D eigenvalue weighted by Gasteiger charge is -2.27. The van der Waals surface area contributed by atoms with Crippen molar-refractivity contribution in [1.29, 1.82) is 0 Å². The maximum atomic E-state index is 3.48. The van der Waals surface area contributed by atoms with Gasteiger partial charge in [-0.2, -0.15) is 0 Å². The molecular formula is C18H27N. The Bertz CT molecular complexity index is 386. The van der Waals surface area contributed by atoms with Gasteiger partial charge in [-0.1, -0.05) is 43.5 Å². The summed E-state index contributed by atoms with van der Waals surface area (Å²) < 4.78 is 0. The predicted molar refractivity (Wildman–Crippen MR) is 81.6 cm³/mol. The quantitative estimate of drug-likeness (QED) is 0.852. The lowest BCUT2D eigenvalue weighted by Crippen LogP contribution is -2.29. The summed E-state index contributed by atoms with van der Waals surface area (Å²) in [5.41, 5.74) is 3.34. The molecule has 1 saturated heterocycles. The zero-order valence-electron chi connectivity index (χ0n) is 12.0. The molecule has 1 nitrogen and oxygen atoms in total. The van der Waals surface area contributed by atoms with Crippen molar-refractivity contribution in [2.75, 3.05) is 13.1 Å². The summed E-state index contributed by atoms with van der Waals surface area (Å²) in [4.78, 5) is 0. The summed E-state index contributed by atoms with van der Waals surface area (Å²) in [6.07, 6.45) is 11.2. The van der Waals surface area contributed by atoms with Crippen LogP contribution in [0.1, 0.15) is 62.0 Å². The number of benzene rings is 1. The van der Waals surface area contributed by atoms with Crippen LogP contribution in [-0.2, 0) is 6.42 Å². The molecule has 2 fully saturated rings. The Morgan fingerprint density at radius 1 is 0.895 bits per heavy atom. The van der Waals surface area contributed by atoms with E-state index >= 15 is 0 Å². The second-order valence-electron chi connectivity index (χ2n) is 6.43. The Morgan fingerprint density at radius 2 is 1.63 bits per heavy atom. The van der Waals surface area contributed by atoms with Crippen molar-refractivity contribution in [1.82, 2.24) is 5.32 Å². The van der Waals surface area contributed by atoms with Gasteiger partial charge in [-0.3, -0.25) is 0 Å². The van der Waals surface area contributed by atoms with Crippen LogP contribution in [0.3, 0.4) is 0 Å². The van der Waals surface area contributed by atoms with E-state index in [-0.39, 0.29) is 0 Å². The van der Waals surface area contributed by atoms with Crippen LogP contribution in [0.15, 0.2) is 24.3 Å². The maximum Gasteiger partial charge on any atom is -0.00462 e. The topological polar surface area (TPSA) is 12.0 Å². The largest absolute Gasteiger partial charge is 0.317 e. The molecule has 1 aliphatic carbocycles. The molecule has 1 aromatic carbocycles. The summed E-state index contributed by atoms with van der Waals surface area (Å²) in [5, 5.41) is 3.48. The van der Waals surface area contributed by atoms with Gasteiger partial charge in [0.25, 0.3) is 0 Å². The third-order valence-electron chi connectivity index (χ3n) is 5.07. The van der Waals surface area contributed by atoms with Crippen molar-refractivity contribution in [2.24, 2.45) is 5.92 Å². The average molecular weight is 257 g/mol. The molecule has 0 spiro atoms. The Labute approximate surface area is 117 Å². The number of rotatable bonds is 3. The summed E-state index contributed by atoms with van der Waals surface area (Å²) in [5.74, 6) is 1.76. The van der Waals surface area contributed by atoms with E-state index in [2.05, 4.69) is 29.6 Å². The van der Waals surface area contributed by atoms with Crippen molar-refractivity contribution in [3.8, 4) is 0 Å². The Hall–Kier alpha value is -0.820. The number of nitrogens with one attached hydrogen (secondary N) is 1. The van der Waals surface area contributed by atoms with Gasteiger partial charge >= 0.3 is 0 Å². The molecule has 3 rings (SSSR count). The van der Waals surface area contributed by atoms with Gasteiger partial charge in [0.15, 0.2) is 0 Å². The van der Waals surface area contributed by atoms with Crippen LogP contribution in [0.4, 0.5) is 0 Å². The minimum atomic E-state index is 0.853. The van der Waals surface area contributed by atoms with Crippen LogP contribution in [-0.4, -0.2) is 13.1 Å². The highest BCUT2D eigenvalue weighted by molar-refractivity contribution is 5.31. The van der Waals surface area contributed by atoms with Gasteiger partial charge in [0.05, 0.1) is 0 Å². The minimum Gasteiger partial charge on any atom is -0.317 e. The van der Waals surface area contributed by atoms with Gasteiger partial charge in [0.1, 0.15) is 0 Å². The SMILES string of the molecule is c1ccc(C2CCCCC2)c(CC2CCNCC2)c1.